The molecular weight excluding hydrogens is 317 g/mol. The molecule has 2 rings (SSSR count). The molecule has 0 aliphatic heterocycles. The van der Waals surface area contributed by atoms with Crippen LogP contribution >= 0.6 is 23.2 Å². The van der Waals surface area contributed by atoms with E-state index in [0.29, 0.717) is 16.3 Å². The summed E-state index contributed by atoms with van der Waals surface area (Å²) in [5.41, 5.74) is 2.19. The predicted molar refractivity (Wildman–Crippen MR) is 83.2 cm³/mol. The summed E-state index contributed by atoms with van der Waals surface area (Å²) in [7, 11) is -3.74. The Kier molecular flexibility index (Phi) is 4.28. The maximum Gasteiger partial charge on any atom is 0.263 e. The number of hydrogen-bond acceptors (Lipinski definition) is 2. The van der Waals surface area contributed by atoms with Gasteiger partial charge in [-0.2, -0.15) is 0 Å². The van der Waals surface area contributed by atoms with Crippen LogP contribution in [0.1, 0.15) is 11.1 Å². The Morgan fingerprint density at radius 3 is 2.15 bits per heavy atom. The summed E-state index contributed by atoms with van der Waals surface area (Å²) in [6.45, 7) is 3.65. The molecule has 0 atom stereocenters. The summed E-state index contributed by atoms with van der Waals surface area (Å²) in [5.74, 6) is 0. The zero-order valence-electron chi connectivity index (χ0n) is 10.9. The molecule has 6 heteroatoms. The van der Waals surface area contributed by atoms with E-state index >= 15 is 0 Å². The number of rotatable bonds is 3. The number of benzene rings is 2. The van der Waals surface area contributed by atoms with Crippen molar-refractivity contribution in [1.82, 2.24) is 0 Å². The van der Waals surface area contributed by atoms with Gasteiger partial charge < -0.3 is 0 Å². The van der Waals surface area contributed by atoms with E-state index in [0.717, 1.165) is 5.56 Å². The van der Waals surface area contributed by atoms with E-state index < -0.39 is 10.0 Å². The maximum atomic E-state index is 12.3. The molecule has 0 aliphatic rings. The monoisotopic (exact) mass is 329 g/mol. The zero-order valence-corrected chi connectivity index (χ0v) is 13.3. The minimum Gasteiger partial charge on any atom is -0.280 e. The van der Waals surface area contributed by atoms with Crippen LogP contribution in [0.4, 0.5) is 5.69 Å². The van der Waals surface area contributed by atoms with Crippen molar-refractivity contribution in [1.29, 1.82) is 0 Å². The lowest BCUT2D eigenvalue weighted by Crippen LogP contribution is -2.13. The third-order valence-corrected chi connectivity index (χ3v) is 5.06. The van der Waals surface area contributed by atoms with Crippen LogP contribution in [0.15, 0.2) is 41.3 Å². The highest BCUT2D eigenvalue weighted by Crippen LogP contribution is 2.29. The van der Waals surface area contributed by atoms with Crippen LogP contribution in [0.3, 0.4) is 0 Å². The van der Waals surface area contributed by atoms with Crippen LogP contribution in [0.2, 0.25) is 10.0 Å². The van der Waals surface area contributed by atoms with Crippen LogP contribution in [0.25, 0.3) is 0 Å². The highest BCUT2D eigenvalue weighted by atomic mass is 35.5. The Morgan fingerprint density at radius 1 is 0.950 bits per heavy atom. The van der Waals surface area contributed by atoms with Crippen molar-refractivity contribution in [2.75, 3.05) is 4.72 Å². The van der Waals surface area contributed by atoms with E-state index in [-0.39, 0.29) is 9.92 Å². The lowest BCUT2D eigenvalue weighted by atomic mass is 10.2. The Bertz CT molecular complexity index is 741. The highest BCUT2D eigenvalue weighted by molar-refractivity contribution is 7.92. The molecular formula is C14H13Cl2NO2S. The van der Waals surface area contributed by atoms with E-state index in [2.05, 4.69) is 4.72 Å². The van der Waals surface area contributed by atoms with Crippen molar-refractivity contribution in [2.24, 2.45) is 0 Å². The highest BCUT2D eigenvalue weighted by Gasteiger charge is 2.19. The molecule has 0 saturated heterocycles. The van der Waals surface area contributed by atoms with Crippen LogP contribution < -0.4 is 4.72 Å². The first kappa shape index (κ1) is 15.2. The van der Waals surface area contributed by atoms with Gasteiger partial charge in [-0.1, -0.05) is 40.9 Å². The summed E-state index contributed by atoms with van der Waals surface area (Å²) in [4.78, 5) is 0.0154. The van der Waals surface area contributed by atoms with Gasteiger partial charge in [-0.25, -0.2) is 8.42 Å². The number of aryl methyl sites for hydroxylation is 2. The first-order valence-corrected chi connectivity index (χ1v) is 8.08. The fourth-order valence-electron chi connectivity index (χ4n) is 1.67. The Morgan fingerprint density at radius 2 is 1.55 bits per heavy atom. The number of hydrogen-bond donors (Lipinski definition) is 1. The van der Waals surface area contributed by atoms with Gasteiger partial charge in [-0.15, -0.1) is 0 Å². The molecule has 0 bridgehead atoms. The summed E-state index contributed by atoms with van der Waals surface area (Å²) in [6, 6.07) is 9.94. The summed E-state index contributed by atoms with van der Waals surface area (Å²) in [5, 5.41) is 0.532. The molecule has 2 aromatic rings. The van der Waals surface area contributed by atoms with E-state index in [1.54, 1.807) is 19.1 Å². The van der Waals surface area contributed by atoms with Crippen LogP contribution in [0, 0.1) is 13.8 Å². The fourth-order valence-corrected chi connectivity index (χ4v) is 3.56. The first-order chi connectivity index (χ1) is 9.29. The average molecular weight is 330 g/mol. The molecule has 2 aromatic carbocycles. The lowest BCUT2D eigenvalue weighted by molar-refractivity contribution is 0.601. The Balaban J connectivity index is 2.40. The summed E-state index contributed by atoms with van der Waals surface area (Å²) >= 11 is 11.9. The quantitative estimate of drug-likeness (QED) is 0.906. The third kappa shape index (κ3) is 3.26. The van der Waals surface area contributed by atoms with E-state index in [1.807, 2.05) is 19.1 Å². The lowest BCUT2D eigenvalue weighted by Gasteiger charge is -2.11. The SMILES string of the molecule is Cc1ccc(NS(=O)(=O)c2cc(C)c(Cl)cc2Cl)cc1. The van der Waals surface area contributed by atoms with Gasteiger partial charge in [0.2, 0.25) is 0 Å². The molecule has 20 heavy (non-hydrogen) atoms. The largest absolute Gasteiger partial charge is 0.280 e. The number of sulfonamides is 1. The van der Waals surface area contributed by atoms with Crippen molar-refractivity contribution >= 4 is 38.9 Å². The number of anilines is 1. The Labute approximate surface area is 128 Å². The smallest absolute Gasteiger partial charge is 0.263 e. The summed E-state index contributed by atoms with van der Waals surface area (Å²) in [6.07, 6.45) is 0. The molecule has 0 aliphatic carbocycles. The van der Waals surface area contributed by atoms with Gasteiger partial charge in [0.1, 0.15) is 4.90 Å². The van der Waals surface area contributed by atoms with E-state index in [9.17, 15) is 8.42 Å². The second-order valence-electron chi connectivity index (χ2n) is 4.50. The van der Waals surface area contributed by atoms with Crippen LogP contribution in [0.5, 0.6) is 0 Å². The standard InChI is InChI=1S/C14H13Cl2NO2S/c1-9-3-5-11(6-4-9)17-20(18,19)14-7-10(2)12(15)8-13(14)16/h3-8,17H,1-2H3. The van der Waals surface area contributed by atoms with Gasteiger partial charge >= 0.3 is 0 Å². The molecule has 106 valence electrons. The predicted octanol–water partition coefficient (Wildman–Crippen LogP) is 4.41. The molecule has 0 radical (unpaired) electrons. The van der Waals surface area contributed by atoms with Gasteiger partial charge in [-0.05, 0) is 43.7 Å². The van der Waals surface area contributed by atoms with Crippen molar-refractivity contribution in [3.05, 3.63) is 57.6 Å². The Hall–Kier alpha value is -1.23. The average Bonchev–Trinajstić information content (AvgIpc) is 2.36. The van der Waals surface area contributed by atoms with Gasteiger partial charge in [0.05, 0.1) is 5.02 Å². The normalized spacial score (nSPS) is 11.4. The maximum absolute atomic E-state index is 12.3. The van der Waals surface area contributed by atoms with Gasteiger partial charge in [0.15, 0.2) is 0 Å². The summed E-state index contributed by atoms with van der Waals surface area (Å²) < 4.78 is 27.2. The minimum atomic E-state index is -3.74. The third-order valence-electron chi connectivity index (χ3n) is 2.81. The molecule has 0 amide bonds. The van der Waals surface area contributed by atoms with Crippen molar-refractivity contribution < 1.29 is 8.42 Å². The molecule has 0 unspecified atom stereocenters. The zero-order chi connectivity index (χ0) is 14.9. The molecule has 0 saturated carbocycles. The topological polar surface area (TPSA) is 46.2 Å². The molecule has 0 aromatic heterocycles. The van der Waals surface area contributed by atoms with Crippen molar-refractivity contribution in [3.63, 3.8) is 0 Å². The fraction of sp³-hybridized carbons (Fsp3) is 0.143. The van der Waals surface area contributed by atoms with Gasteiger partial charge in [-0.3, -0.25) is 4.72 Å². The molecule has 0 fully saturated rings. The molecule has 0 spiro atoms. The number of halogens is 2. The van der Waals surface area contributed by atoms with Crippen molar-refractivity contribution in [3.8, 4) is 0 Å². The van der Waals surface area contributed by atoms with Crippen molar-refractivity contribution in [2.45, 2.75) is 18.7 Å². The minimum absolute atomic E-state index is 0.0154. The first-order valence-electron chi connectivity index (χ1n) is 5.85. The van der Waals surface area contributed by atoms with Crippen LogP contribution in [-0.4, -0.2) is 8.42 Å². The van der Waals surface area contributed by atoms with Gasteiger partial charge in [0, 0.05) is 10.7 Å². The molecule has 3 nitrogen and oxygen atoms in total. The second kappa shape index (κ2) is 5.64. The second-order valence-corrected chi connectivity index (χ2v) is 6.97. The van der Waals surface area contributed by atoms with E-state index in [4.69, 9.17) is 23.2 Å². The molecule has 1 N–H and O–H groups in total. The molecule has 0 heterocycles. The van der Waals surface area contributed by atoms with Crippen LogP contribution in [-0.2, 0) is 10.0 Å². The van der Waals surface area contributed by atoms with E-state index in [1.165, 1.54) is 12.1 Å². The number of nitrogens with one attached hydrogen (secondary N) is 1. The van der Waals surface area contributed by atoms with Gasteiger partial charge in [0.25, 0.3) is 10.0 Å².